The van der Waals surface area contributed by atoms with E-state index >= 15 is 0 Å². The molecule has 3 nitrogen and oxygen atoms in total. The number of hydrogen-bond acceptors (Lipinski definition) is 3. The molecule has 2 atom stereocenters. The number of nitrogen functional groups attached to an aromatic ring is 1. The zero-order chi connectivity index (χ0) is 13.8. The Bertz CT molecular complexity index is 427. The van der Waals surface area contributed by atoms with Crippen molar-refractivity contribution in [2.75, 3.05) is 12.3 Å². The summed E-state index contributed by atoms with van der Waals surface area (Å²) in [4.78, 5) is 15.0. The largest absolute Gasteiger partial charge is 0.399 e. The number of benzene rings is 1. The van der Waals surface area contributed by atoms with Crippen LogP contribution in [0.25, 0.3) is 0 Å². The van der Waals surface area contributed by atoms with Gasteiger partial charge in [-0.25, -0.2) is 0 Å². The van der Waals surface area contributed by atoms with Crippen LogP contribution in [0.2, 0.25) is 0 Å². The van der Waals surface area contributed by atoms with Crippen LogP contribution in [0.3, 0.4) is 0 Å². The van der Waals surface area contributed by atoms with E-state index < -0.39 is 0 Å². The Hall–Kier alpha value is -1.35. The summed E-state index contributed by atoms with van der Waals surface area (Å²) in [6, 6.07) is 7.82. The highest BCUT2D eigenvalue weighted by atomic mass is 16.1. The Labute approximate surface area is 115 Å². The average molecular weight is 260 g/mol. The summed E-state index contributed by atoms with van der Waals surface area (Å²) in [6.07, 6.45) is 4.55. The number of nitrogens with zero attached hydrogens (tertiary/aromatic N) is 1. The van der Waals surface area contributed by atoms with Gasteiger partial charge in [-0.2, -0.15) is 0 Å². The third-order valence-corrected chi connectivity index (χ3v) is 4.14. The number of anilines is 1. The Kier molecular flexibility index (Phi) is 4.59. The van der Waals surface area contributed by atoms with Crippen molar-refractivity contribution in [1.29, 1.82) is 0 Å². The molecule has 1 heterocycles. The number of carbonyl (C=O) groups is 1. The predicted octanol–water partition coefficient (Wildman–Crippen LogP) is 3.10. The Morgan fingerprint density at radius 3 is 2.63 bits per heavy atom. The van der Waals surface area contributed by atoms with Crippen molar-refractivity contribution in [1.82, 2.24) is 4.90 Å². The van der Waals surface area contributed by atoms with Gasteiger partial charge in [0, 0.05) is 17.3 Å². The molecule has 0 aliphatic carbocycles. The minimum Gasteiger partial charge on any atom is -0.399 e. The molecule has 1 aromatic rings. The second-order valence-corrected chi connectivity index (χ2v) is 5.49. The fraction of sp³-hybridized carbons (Fsp3) is 0.562. The first-order valence-electron chi connectivity index (χ1n) is 7.29. The van der Waals surface area contributed by atoms with E-state index in [9.17, 15) is 4.79 Å². The van der Waals surface area contributed by atoms with E-state index in [0.717, 1.165) is 18.5 Å². The minimum absolute atomic E-state index is 0.0129. The number of carbonyl (C=O) groups excluding carboxylic acids is 1. The summed E-state index contributed by atoms with van der Waals surface area (Å²) >= 11 is 0. The molecule has 1 aromatic carbocycles. The molecule has 2 rings (SSSR count). The first-order valence-corrected chi connectivity index (χ1v) is 7.29. The normalized spacial score (nSPS) is 22.1. The summed E-state index contributed by atoms with van der Waals surface area (Å²) in [6.45, 7) is 5.37. The number of Topliss-reactive ketones (excluding diaryl/α,β-unsaturated/α-hetero) is 1. The number of piperidine rings is 1. The van der Waals surface area contributed by atoms with Gasteiger partial charge in [-0.3, -0.25) is 9.69 Å². The molecule has 1 aliphatic rings. The molecule has 0 aromatic heterocycles. The van der Waals surface area contributed by atoms with Crippen molar-refractivity contribution < 1.29 is 4.79 Å². The van der Waals surface area contributed by atoms with E-state index in [1.165, 1.54) is 19.3 Å². The van der Waals surface area contributed by atoms with E-state index in [2.05, 4.69) is 18.7 Å². The van der Waals surface area contributed by atoms with Gasteiger partial charge in [0.25, 0.3) is 0 Å². The smallest absolute Gasteiger partial charge is 0.179 e. The summed E-state index contributed by atoms with van der Waals surface area (Å²) in [5.41, 5.74) is 7.16. The van der Waals surface area contributed by atoms with Crippen LogP contribution in [-0.4, -0.2) is 29.3 Å². The highest BCUT2D eigenvalue weighted by Gasteiger charge is 2.30. The lowest BCUT2D eigenvalue weighted by molar-refractivity contribution is 0.0655. The molecule has 104 valence electrons. The highest BCUT2D eigenvalue weighted by molar-refractivity contribution is 6.00. The fourth-order valence-electron chi connectivity index (χ4n) is 2.99. The van der Waals surface area contributed by atoms with E-state index in [0.29, 0.717) is 11.7 Å². The van der Waals surface area contributed by atoms with Crippen LogP contribution < -0.4 is 5.73 Å². The first-order chi connectivity index (χ1) is 9.13. The van der Waals surface area contributed by atoms with Crippen LogP contribution in [-0.2, 0) is 0 Å². The van der Waals surface area contributed by atoms with Gasteiger partial charge in [0.05, 0.1) is 6.04 Å². The molecular weight excluding hydrogens is 236 g/mol. The standard InChI is InChI=1S/C16H24N2O/c1-3-15(18-11-5-4-6-12(18)2)16(19)13-7-9-14(17)10-8-13/h7-10,12,15H,3-6,11,17H2,1-2H3. The quantitative estimate of drug-likeness (QED) is 0.668. The van der Waals surface area contributed by atoms with Gasteiger partial charge >= 0.3 is 0 Å². The van der Waals surface area contributed by atoms with Crippen molar-refractivity contribution >= 4 is 11.5 Å². The predicted molar refractivity (Wildman–Crippen MR) is 79.3 cm³/mol. The van der Waals surface area contributed by atoms with Crippen molar-refractivity contribution in [3.05, 3.63) is 29.8 Å². The first kappa shape index (κ1) is 14.1. The molecule has 1 fully saturated rings. The topological polar surface area (TPSA) is 46.3 Å². The lowest BCUT2D eigenvalue weighted by atomic mass is 9.95. The molecule has 2 N–H and O–H groups in total. The van der Waals surface area contributed by atoms with Crippen molar-refractivity contribution in [2.24, 2.45) is 0 Å². The van der Waals surface area contributed by atoms with Crippen LogP contribution in [0.15, 0.2) is 24.3 Å². The number of nitrogens with two attached hydrogens (primary N) is 1. The van der Waals surface area contributed by atoms with Crippen molar-refractivity contribution in [3.8, 4) is 0 Å². The van der Waals surface area contributed by atoms with Crippen LogP contribution in [0, 0.1) is 0 Å². The highest BCUT2D eigenvalue weighted by Crippen LogP contribution is 2.23. The third kappa shape index (κ3) is 3.16. The van der Waals surface area contributed by atoms with E-state index in [-0.39, 0.29) is 11.8 Å². The molecule has 3 heteroatoms. The van der Waals surface area contributed by atoms with Gasteiger partial charge in [-0.1, -0.05) is 13.3 Å². The number of likely N-dealkylation sites (tertiary alicyclic amines) is 1. The Morgan fingerprint density at radius 2 is 2.05 bits per heavy atom. The lowest BCUT2D eigenvalue weighted by Crippen LogP contribution is -2.48. The van der Waals surface area contributed by atoms with Gasteiger partial charge in [-0.05, 0) is 57.0 Å². The molecule has 1 aliphatic heterocycles. The summed E-state index contributed by atoms with van der Waals surface area (Å²) in [5, 5.41) is 0. The van der Waals surface area contributed by atoms with Crippen LogP contribution in [0.5, 0.6) is 0 Å². The van der Waals surface area contributed by atoms with E-state index in [4.69, 9.17) is 5.73 Å². The number of rotatable bonds is 4. The molecule has 0 bridgehead atoms. The second-order valence-electron chi connectivity index (χ2n) is 5.49. The molecule has 0 amide bonds. The number of hydrogen-bond donors (Lipinski definition) is 1. The Morgan fingerprint density at radius 1 is 1.37 bits per heavy atom. The summed E-state index contributed by atoms with van der Waals surface area (Å²) in [7, 11) is 0. The van der Waals surface area contributed by atoms with Gasteiger partial charge < -0.3 is 5.73 Å². The van der Waals surface area contributed by atoms with E-state index in [1.54, 1.807) is 12.1 Å². The average Bonchev–Trinajstić information content (AvgIpc) is 2.42. The molecule has 1 saturated heterocycles. The SMILES string of the molecule is CCC(C(=O)c1ccc(N)cc1)N1CCCCC1C. The maximum atomic E-state index is 12.6. The minimum atomic E-state index is 0.0129. The van der Waals surface area contributed by atoms with Crippen LogP contribution >= 0.6 is 0 Å². The number of ketones is 1. The van der Waals surface area contributed by atoms with Crippen LogP contribution in [0.4, 0.5) is 5.69 Å². The summed E-state index contributed by atoms with van der Waals surface area (Å²) < 4.78 is 0. The van der Waals surface area contributed by atoms with Crippen molar-refractivity contribution in [2.45, 2.75) is 51.6 Å². The second kappa shape index (κ2) is 6.20. The van der Waals surface area contributed by atoms with Crippen molar-refractivity contribution in [3.63, 3.8) is 0 Å². The van der Waals surface area contributed by atoms with E-state index in [1.807, 2.05) is 12.1 Å². The molecule has 0 radical (unpaired) electrons. The van der Waals surface area contributed by atoms with Gasteiger partial charge in [-0.15, -0.1) is 0 Å². The molecule has 19 heavy (non-hydrogen) atoms. The summed E-state index contributed by atoms with van der Waals surface area (Å²) in [5.74, 6) is 0.233. The molecular formula is C16H24N2O. The maximum Gasteiger partial charge on any atom is 0.179 e. The zero-order valence-electron chi connectivity index (χ0n) is 11.9. The zero-order valence-corrected chi connectivity index (χ0v) is 11.9. The lowest BCUT2D eigenvalue weighted by Gasteiger charge is -2.38. The molecule has 0 saturated carbocycles. The molecule has 2 unspecified atom stereocenters. The molecule has 0 spiro atoms. The monoisotopic (exact) mass is 260 g/mol. The third-order valence-electron chi connectivity index (χ3n) is 4.14. The van der Waals surface area contributed by atoms with Gasteiger partial charge in [0.1, 0.15) is 0 Å². The van der Waals surface area contributed by atoms with Gasteiger partial charge in [0.15, 0.2) is 5.78 Å². The van der Waals surface area contributed by atoms with Crippen LogP contribution in [0.1, 0.15) is 49.9 Å². The maximum absolute atomic E-state index is 12.6. The Balaban J connectivity index is 2.16. The fourth-order valence-corrected chi connectivity index (χ4v) is 2.99. The van der Waals surface area contributed by atoms with Gasteiger partial charge in [0.2, 0.25) is 0 Å².